The minimum Gasteiger partial charge on any atom is -0.854 e. The molecule has 0 aliphatic heterocycles. The van der Waals surface area contributed by atoms with Gasteiger partial charge < -0.3 is 9.84 Å². The zero-order valence-corrected chi connectivity index (χ0v) is 14.1. The molecule has 1 aromatic heterocycles. The van der Waals surface area contributed by atoms with Gasteiger partial charge in [0.15, 0.2) is 0 Å². The van der Waals surface area contributed by atoms with E-state index >= 15 is 0 Å². The van der Waals surface area contributed by atoms with Gasteiger partial charge in [-0.25, -0.2) is 4.79 Å². The number of aromatic amines is 1. The Kier molecular flexibility index (Phi) is 4.48. The van der Waals surface area contributed by atoms with Gasteiger partial charge in [-0.1, -0.05) is 12.1 Å². The molecule has 0 aliphatic rings. The molecule has 3 aromatic rings. The lowest BCUT2D eigenvalue weighted by molar-refractivity contribution is -0.673. The van der Waals surface area contributed by atoms with E-state index in [0.29, 0.717) is 21.6 Å². The molecule has 0 spiro atoms. The lowest BCUT2D eigenvalue weighted by atomic mass is 10.3. The van der Waals surface area contributed by atoms with E-state index in [2.05, 4.69) is 26.2 Å². The van der Waals surface area contributed by atoms with Gasteiger partial charge in [-0.3, -0.25) is 9.52 Å². The molecule has 24 heavy (non-hydrogen) atoms. The van der Waals surface area contributed by atoms with Gasteiger partial charge in [-0.2, -0.15) is 0 Å². The molecular formula is C16H12BrN3O4. The number of methoxy groups -OCH3 is 1. The van der Waals surface area contributed by atoms with Gasteiger partial charge in [0.25, 0.3) is 0 Å². The van der Waals surface area contributed by atoms with Crippen LogP contribution < -0.4 is 20.2 Å². The fourth-order valence-electron chi connectivity index (χ4n) is 2.07. The highest BCUT2D eigenvalue weighted by molar-refractivity contribution is 9.10. The van der Waals surface area contributed by atoms with Crippen LogP contribution in [0.5, 0.6) is 5.75 Å². The number of aliphatic imine (C=N–C) groups is 1. The average Bonchev–Trinajstić information content (AvgIpc) is 2.98. The number of H-pyrrole nitrogens is 1. The van der Waals surface area contributed by atoms with Crippen molar-refractivity contribution in [1.29, 1.82) is 0 Å². The smallest absolute Gasteiger partial charge is 0.436 e. The number of rotatable bonds is 4. The van der Waals surface area contributed by atoms with E-state index in [0.717, 1.165) is 0 Å². The predicted molar refractivity (Wildman–Crippen MR) is 87.8 cm³/mol. The molecule has 0 fully saturated rings. The first-order chi connectivity index (χ1) is 11.6. The lowest BCUT2D eigenvalue weighted by Gasteiger charge is -2.05. The van der Waals surface area contributed by atoms with Crippen molar-refractivity contribution in [1.82, 2.24) is 5.27 Å². The number of halogens is 1. The van der Waals surface area contributed by atoms with Crippen LogP contribution >= 0.6 is 15.9 Å². The summed E-state index contributed by atoms with van der Waals surface area (Å²) < 4.78 is 11.7. The Labute approximate surface area is 144 Å². The van der Waals surface area contributed by atoms with E-state index in [1.54, 1.807) is 55.6 Å². The summed E-state index contributed by atoms with van der Waals surface area (Å²) in [6.45, 7) is 0. The number of hydrogen-bond donors (Lipinski definition) is 1. The largest absolute Gasteiger partial charge is 0.854 e. The van der Waals surface area contributed by atoms with Crippen LogP contribution in [0.3, 0.4) is 0 Å². The van der Waals surface area contributed by atoms with Gasteiger partial charge in [0.05, 0.1) is 18.7 Å². The van der Waals surface area contributed by atoms with Crippen LogP contribution in [0.15, 0.2) is 67.3 Å². The maximum absolute atomic E-state index is 12.5. The van der Waals surface area contributed by atoms with E-state index in [1.807, 2.05) is 0 Å². The molecule has 0 saturated heterocycles. The summed E-state index contributed by atoms with van der Waals surface area (Å²) in [5.74, 6) is -0.0660. The third-order valence-corrected chi connectivity index (χ3v) is 3.92. The lowest BCUT2D eigenvalue weighted by Crippen LogP contribution is -2.44. The number of para-hydroxylation sites is 1. The van der Waals surface area contributed by atoms with Crippen LogP contribution in [0.4, 0.5) is 5.69 Å². The maximum atomic E-state index is 12.5. The van der Waals surface area contributed by atoms with Crippen molar-refractivity contribution in [2.24, 2.45) is 4.99 Å². The fraction of sp³-hybridized carbons (Fsp3) is 0.0625. The summed E-state index contributed by atoms with van der Waals surface area (Å²) in [4.78, 5) is 15.9. The van der Waals surface area contributed by atoms with Crippen molar-refractivity contribution < 1.29 is 19.0 Å². The standard InChI is InChI=1S/C16H12BrN3O4/c1-23-11-8-6-10(7-9-11)20-14(16(22)24-19-20)15(21)18-13-5-3-2-4-12(13)17/h2-9H,1H3,(H-,18,19,21,22). The number of aromatic nitrogens is 2. The summed E-state index contributed by atoms with van der Waals surface area (Å²) >= 11 is 3.31. The molecule has 0 atom stereocenters. The minimum absolute atomic E-state index is 0.226. The Morgan fingerprint density at radius 2 is 1.96 bits per heavy atom. The number of ether oxygens (including phenoxy) is 1. The molecule has 7 nitrogen and oxygen atoms in total. The quantitative estimate of drug-likeness (QED) is 0.415. The molecular weight excluding hydrogens is 378 g/mol. The third kappa shape index (κ3) is 3.09. The van der Waals surface area contributed by atoms with Gasteiger partial charge in [0.1, 0.15) is 5.75 Å². The molecule has 0 amide bonds. The van der Waals surface area contributed by atoms with E-state index in [9.17, 15) is 9.90 Å². The van der Waals surface area contributed by atoms with Crippen molar-refractivity contribution in [3.8, 4) is 11.4 Å². The summed E-state index contributed by atoms with van der Waals surface area (Å²) in [5.41, 5.74) is -0.0701. The van der Waals surface area contributed by atoms with E-state index in [1.165, 1.54) is 4.68 Å². The van der Waals surface area contributed by atoms with Crippen LogP contribution in [0.1, 0.15) is 5.69 Å². The van der Waals surface area contributed by atoms with E-state index < -0.39 is 11.5 Å². The summed E-state index contributed by atoms with van der Waals surface area (Å²) in [7, 11) is 1.55. The predicted octanol–water partition coefficient (Wildman–Crippen LogP) is 1.45. The SMILES string of the molecule is COc1ccc(-[n+]2[nH]oc(=O)c2C([O-])=Nc2ccccc2Br)cc1. The Morgan fingerprint density at radius 1 is 1.25 bits per heavy atom. The highest BCUT2D eigenvalue weighted by atomic mass is 79.9. The van der Waals surface area contributed by atoms with Gasteiger partial charge in [-0.15, -0.1) is 0 Å². The van der Waals surface area contributed by atoms with Gasteiger partial charge in [0.2, 0.25) is 5.69 Å². The Bertz CT molecular complexity index is 944. The highest BCUT2D eigenvalue weighted by Crippen LogP contribution is 2.24. The van der Waals surface area contributed by atoms with Crippen molar-refractivity contribution >= 4 is 27.5 Å². The van der Waals surface area contributed by atoms with Crippen LogP contribution in [0, 0.1) is 0 Å². The van der Waals surface area contributed by atoms with Gasteiger partial charge >= 0.3 is 11.3 Å². The number of benzene rings is 2. The molecule has 8 heteroatoms. The van der Waals surface area contributed by atoms with Gasteiger partial charge in [-0.05, 0) is 50.1 Å². The van der Waals surface area contributed by atoms with Crippen molar-refractivity contribution in [2.75, 3.05) is 7.11 Å². The second-order valence-corrected chi connectivity index (χ2v) is 5.59. The van der Waals surface area contributed by atoms with Crippen molar-refractivity contribution in [3.05, 3.63) is 69.1 Å². The number of hydrogen-bond acceptors (Lipinski definition) is 5. The molecule has 2 aromatic carbocycles. The molecule has 0 aliphatic carbocycles. The van der Waals surface area contributed by atoms with E-state index in [4.69, 9.17) is 9.26 Å². The zero-order valence-electron chi connectivity index (χ0n) is 12.5. The third-order valence-electron chi connectivity index (χ3n) is 3.25. The monoisotopic (exact) mass is 389 g/mol. The van der Waals surface area contributed by atoms with Crippen molar-refractivity contribution in [3.63, 3.8) is 0 Å². The van der Waals surface area contributed by atoms with Crippen LogP contribution in [0.2, 0.25) is 0 Å². The molecule has 0 radical (unpaired) electrons. The number of nitrogens with one attached hydrogen (secondary N) is 1. The molecule has 1 heterocycles. The topological polar surface area (TPSA) is 94.5 Å². The zero-order chi connectivity index (χ0) is 17.1. The van der Waals surface area contributed by atoms with Crippen LogP contribution in [-0.4, -0.2) is 18.3 Å². The molecule has 1 N–H and O–H groups in total. The summed E-state index contributed by atoms with van der Waals surface area (Å²) in [6, 6.07) is 13.7. The summed E-state index contributed by atoms with van der Waals surface area (Å²) in [6.07, 6.45) is 0. The molecule has 3 rings (SSSR count). The Morgan fingerprint density at radius 3 is 2.62 bits per heavy atom. The van der Waals surface area contributed by atoms with Crippen LogP contribution in [-0.2, 0) is 0 Å². The highest BCUT2D eigenvalue weighted by Gasteiger charge is 2.24. The number of nitrogens with zero attached hydrogens (tertiary/aromatic N) is 2. The Hall–Kier alpha value is -2.87. The molecule has 122 valence electrons. The molecule has 0 bridgehead atoms. The van der Waals surface area contributed by atoms with Crippen LogP contribution in [0.25, 0.3) is 5.69 Å². The minimum atomic E-state index is -0.799. The first kappa shape index (κ1) is 16.0. The summed E-state index contributed by atoms with van der Waals surface area (Å²) in [5, 5.41) is 14.9. The van der Waals surface area contributed by atoms with Crippen molar-refractivity contribution in [2.45, 2.75) is 0 Å². The molecule has 0 unspecified atom stereocenters. The second-order valence-electron chi connectivity index (χ2n) is 4.73. The second kappa shape index (κ2) is 6.71. The Balaban J connectivity index is 2.07. The average molecular weight is 390 g/mol. The normalized spacial score (nSPS) is 11.5. The first-order valence-corrected chi connectivity index (χ1v) is 7.68. The fourth-order valence-corrected chi connectivity index (χ4v) is 2.45. The molecule has 0 saturated carbocycles. The maximum Gasteiger partial charge on any atom is 0.436 e. The van der Waals surface area contributed by atoms with E-state index in [-0.39, 0.29) is 5.69 Å². The van der Waals surface area contributed by atoms with Gasteiger partial charge in [0, 0.05) is 16.6 Å². The first-order valence-electron chi connectivity index (χ1n) is 6.88.